The summed E-state index contributed by atoms with van der Waals surface area (Å²) >= 11 is 0. The van der Waals surface area contributed by atoms with Crippen LogP contribution in [0.2, 0.25) is 0 Å². The van der Waals surface area contributed by atoms with Gasteiger partial charge in [0.25, 0.3) is 0 Å². The van der Waals surface area contributed by atoms with E-state index in [0.717, 1.165) is 12.0 Å². The molecule has 0 unspecified atom stereocenters. The van der Waals surface area contributed by atoms with Crippen molar-refractivity contribution in [2.75, 3.05) is 0 Å². The van der Waals surface area contributed by atoms with Gasteiger partial charge in [0, 0.05) is 6.04 Å². The minimum absolute atomic E-state index is 0.238. The lowest BCUT2D eigenvalue weighted by molar-refractivity contribution is 0.128. The highest BCUT2D eigenvalue weighted by atomic mass is 16.6. The summed E-state index contributed by atoms with van der Waals surface area (Å²) < 4.78 is 5.21. The van der Waals surface area contributed by atoms with Gasteiger partial charge in [-0.1, -0.05) is 55.7 Å². The van der Waals surface area contributed by atoms with E-state index >= 15 is 0 Å². The Balaban J connectivity index is 1.73. The van der Waals surface area contributed by atoms with Crippen LogP contribution in [0.1, 0.15) is 44.1 Å². The van der Waals surface area contributed by atoms with Gasteiger partial charge in [0.2, 0.25) is 0 Å². The molecule has 0 aliphatic heterocycles. The predicted molar refractivity (Wildman–Crippen MR) is 88.1 cm³/mol. The number of carbonyl (C=O) groups excluding carboxylic acids is 1. The van der Waals surface area contributed by atoms with Crippen molar-refractivity contribution in [1.29, 1.82) is 0 Å². The summed E-state index contributed by atoms with van der Waals surface area (Å²) in [6.07, 6.45) is 8.63. The van der Waals surface area contributed by atoms with Crippen LogP contribution in [0.15, 0.2) is 43.0 Å². The Morgan fingerprint density at radius 1 is 1.27 bits per heavy atom. The van der Waals surface area contributed by atoms with E-state index in [2.05, 4.69) is 17.4 Å². The Labute approximate surface area is 132 Å². The van der Waals surface area contributed by atoms with Crippen LogP contribution in [0.4, 0.5) is 4.79 Å². The molecule has 1 saturated carbocycles. The third-order valence-electron chi connectivity index (χ3n) is 4.21. The first-order chi connectivity index (χ1) is 10.8. The highest BCUT2D eigenvalue weighted by Gasteiger charge is 2.23. The summed E-state index contributed by atoms with van der Waals surface area (Å²) in [5.74, 6) is 0.598. The molecule has 1 aromatic carbocycles. The van der Waals surface area contributed by atoms with E-state index in [0.29, 0.717) is 5.92 Å². The second-order valence-corrected chi connectivity index (χ2v) is 5.86. The lowest BCUT2D eigenvalue weighted by Crippen LogP contribution is -2.48. The van der Waals surface area contributed by atoms with Gasteiger partial charge in [-0.15, -0.1) is 6.58 Å². The van der Waals surface area contributed by atoms with E-state index in [9.17, 15) is 4.79 Å². The van der Waals surface area contributed by atoms with E-state index in [4.69, 9.17) is 4.74 Å². The number of nitrogens with one attached hydrogen (secondary N) is 2. The maximum Gasteiger partial charge on any atom is 0.421 e. The second-order valence-electron chi connectivity index (χ2n) is 5.86. The van der Waals surface area contributed by atoms with Crippen LogP contribution in [0.5, 0.6) is 0 Å². The lowest BCUT2D eigenvalue weighted by atomic mass is 9.83. The molecule has 0 bridgehead atoms. The van der Waals surface area contributed by atoms with Gasteiger partial charge in [-0.25, -0.2) is 10.2 Å². The summed E-state index contributed by atoms with van der Waals surface area (Å²) in [5.41, 5.74) is 6.79. The Morgan fingerprint density at radius 2 is 2.00 bits per heavy atom. The Morgan fingerprint density at radius 3 is 2.68 bits per heavy atom. The van der Waals surface area contributed by atoms with Gasteiger partial charge in [0.05, 0.1) is 0 Å². The highest BCUT2D eigenvalue weighted by molar-refractivity contribution is 5.66. The van der Waals surface area contributed by atoms with Crippen LogP contribution < -0.4 is 10.9 Å². The summed E-state index contributed by atoms with van der Waals surface area (Å²) in [6.45, 7) is 4.10. The summed E-state index contributed by atoms with van der Waals surface area (Å²) in [4.78, 5) is 11.8. The topological polar surface area (TPSA) is 50.4 Å². The zero-order valence-corrected chi connectivity index (χ0v) is 13.1. The summed E-state index contributed by atoms with van der Waals surface area (Å²) in [5, 5.41) is 0. The minimum atomic E-state index is -0.436. The van der Waals surface area contributed by atoms with Crippen molar-refractivity contribution in [2.24, 2.45) is 5.92 Å². The van der Waals surface area contributed by atoms with Crippen molar-refractivity contribution in [3.8, 4) is 0 Å². The quantitative estimate of drug-likeness (QED) is 0.592. The van der Waals surface area contributed by atoms with Crippen LogP contribution in [0.25, 0.3) is 0 Å². The third kappa shape index (κ3) is 5.53. The zero-order chi connectivity index (χ0) is 15.6. The normalized spacial score (nSPS) is 16.7. The average molecular weight is 302 g/mol. The smallest absolute Gasteiger partial charge is 0.421 e. The van der Waals surface area contributed by atoms with Gasteiger partial charge in [0.15, 0.2) is 0 Å². The Hall–Kier alpha value is -1.81. The number of carbonyl (C=O) groups is 1. The molecule has 0 radical (unpaired) electrons. The van der Waals surface area contributed by atoms with Crippen LogP contribution >= 0.6 is 0 Å². The predicted octanol–water partition coefficient (Wildman–Crippen LogP) is 3.94. The molecule has 120 valence electrons. The van der Waals surface area contributed by atoms with Gasteiger partial charge < -0.3 is 4.74 Å². The molecule has 1 aromatic rings. The van der Waals surface area contributed by atoms with E-state index in [-0.39, 0.29) is 12.6 Å². The molecule has 0 aromatic heterocycles. The molecular weight excluding hydrogens is 276 g/mol. The number of hydrogen-bond donors (Lipinski definition) is 2. The Bertz CT molecular complexity index is 455. The fourth-order valence-electron chi connectivity index (χ4n) is 3.00. The standard InChI is InChI=1S/C18H26N2O2/c1-2-9-17(16-12-7-4-8-13-16)19-20-18(21)22-14-15-10-5-3-6-11-15/h2-3,5-6,10-11,16-17,19H,1,4,7-9,12-14H2,(H,20,21)/t17-/m0/s1. The van der Waals surface area contributed by atoms with Gasteiger partial charge in [0.1, 0.15) is 6.61 Å². The number of amides is 1. The first-order valence-electron chi connectivity index (χ1n) is 8.12. The highest BCUT2D eigenvalue weighted by Crippen LogP contribution is 2.27. The number of ether oxygens (including phenoxy) is 1. The fourth-order valence-corrected chi connectivity index (χ4v) is 3.00. The average Bonchev–Trinajstić information content (AvgIpc) is 2.58. The van der Waals surface area contributed by atoms with Crippen molar-refractivity contribution < 1.29 is 9.53 Å². The van der Waals surface area contributed by atoms with Crippen molar-refractivity contribution >= 4 is 6.09 Å². The van der Waals surface area contributed by atoms with E-state index < -0.39 is 6.09 Å². The molecule has 1 fully saturated rings. The Kier molecular flexibility index (Phi) is 6.97. The van der Waals surface area contributed by atoms with E-state index in [1.54, 1.807) is 0 Å². The van der Waals surface area contributed by atoms with E-state index in [1.807, 2.05) is 36.4 Å². The van der Waals surface area contributed by atoms with Gasteiger partial charge in [-0.05, 0) is 30.7 Å². The maximum atomic E-state index is 11.8. The van der Waals surface area contributed by atoms with Crippen LogP contribution in [-0.4, -0.2) is 12.1 Å². The molecule has 0 spiro atoms. The van der Waals surface area contributed by atoms with Gasteiger partial charge in [-0.2, -0.15) is 0 Å². The van der Waals surface area contributed by atoms with Crippen molar-refractivity contribution in [3.63, 3.8) is 0 Å². The van der Waals surface area contributed by atoms with Crippen molar-refractivity contribution in [2.45, 2.75) is 51.2 Å². The molecular formula is C18H26N2O2. The lowest BCUT2D eigenvalue weighted by Gasteiger charge is -2.30. The molecule has 4 nitrogen and oxygen atoms in total. The number of hydrazine groups is 1. The minimum Gasteiger partial charge on any atom is -0.444 e. The monoisotopic (exact) mass is 302 g/mol. The number of benzene rings is 1. The largest absolute Gasteiger partial charge is 0.444 e. The van der Waals surface area contributed by atoms with Crippen molar-refractivity contribution in [1.82, 2.24) is 10.9 Å². The van der Waals surface area contributed by atoms with Crippen LogP contribution in [0.3, 0.4) is 0 Å². The molecule has 2 N–H and O–H groups in total. The third-order valence-corrected chi connectivity index (χ3v) is 4.21. The number of rotatable bonds is 7. The molecule has 1 aliphatic carbocycles. The molecule has 2 rings (SSSR count). The first-order valence-corrected chi connectivity index (χ1v) is 8.12. The maximum absolute atomic E-state index is 11.8. The fraction of sp³-hybridized carbons (Fsp3) is 0.500. The summed E-state index contributed by atoms with van der Waals surface area (Å²) in [6, 6.07) is 9.90. The molecule has 1 aliphatic rings. The SMILES string of the molecule is C=CC[C@H](NNC(=O)OCc1ccccc1)C1CCCCC1. The molecule has 4 heteroatoms. The molecule has 22 heavy (non-hydrogen) atoms. The zero-order valence-electron chi connectivity index (χ0n) is 13.1. The van der Waals surface area contributed by atoms with Crippen LogP contribution in [0, 0.1) is 5.92 Å². The molecule has 0 saturated heterocycles. The van der Waals surface area contributed by atoms with E-state index in [1.165, 1.54) is 32.1 Å². The summed E-state index contributed by atoms with van der Waals surface area (Å²) in [7, 11) is 0. The van der Waals surface area contributed by atoms with Gasteiger partial charge in [-0.3, -0.25) is 5.43 Å². The van der Waals surface area contributed by atoms with Crippen LogP contribution in [-0.2, 0) is 11.3 Å². The molecule has 1 atom stereocenters. The van der Waals surface area contributed by atoms with Crippen molar-refractivity contribution in [3.05, 3.63) is 48.6 Å². The number of hydrogen-bond acceptors (Lipinski definition) is 3. The molecule has 1 amide bonds. The molecule has 0 heterocycles. The second kappa shape index (κ2) is 9.26. The van der Waals surface area contributed by atoms with Gasteiger partial charge >= 0.3 is 6.09 Å². The first kappa shape index (κ1) is 16.6.